The lowest BCUT2D eigenvalue weighted by Crippen LogP contribution is -2.31. The first kappa shape index (κ1) is 13.3. The van der Waals surface area contributed by atoms with E-state index in [4.69, 9.17) is 4.74 Å². The molecule has 2 unspecified atom stereocenters. The maximum atomic E-state index is 12.8. The number of halogens is 3. The number of nitro groups is 1. The first-order valence-electron chi connectivity index (χ1n) is 5.31. The molecule has 0 amide bonds. The van der Waals surface area contributed by atoms with Crippen LogP contribution in [-0.2, 0) is 4.74 Å². The second-order valence-corrected chi connectivity index (χ2v) is 4.02. The second-order valence-electron chi connectivity index (χ2n) is 4.02. The van der Waals surface area contributed by atoms with Crippen LogP contribution in [0.5, 0.6) is 0 Å². The minimum Gasteiger partial charge on any atom is -0.471 e. The Labute approximate surface area is 105 Å². The minimum absolute atomic E-state index is 0.0503. The van der Waals surface area contributed by atoms with Gasteiger partial charge in [-0.15, -0.1) is 0 Å². The molecule has 19 heavy (non-hydrogen) atoms. The predicted molar refractivity (Wildman–Crippen MR) is 59.9 cm³/mol. The maximum absolute atomic E-state index is 12.8. The van der Waals surface area contributed by atoms with Gasteiger partial charge in [-0.25, -0.2) is 4.99 Å². The summed E-state index contributed by atoms with van der Waals surface area (Å²) in [6.07, 6.45) is -5.81. The first-order chi connectivity index (χ1) is 8.79. The number of aliphatic imine (C=N–C) groups is 1. The van der Waals surface area contributed by atoms with Crippen molar-refractivity contribution in [2.24, 2.45) is 4.99 Å². The molecule has 0 radical (unpaired) electrons. The van der Waals surface area contributed by atoms with Gasteiger partial charge in [0.2, 0.25) is 0 Å². The summed E-state index contributed by atoms with van der Waals surface area (Å²) >= 11 is 0. The summed E-state index contributed by atoms with van der Waals surface area (Å²) in [7, 11) is 0. The molecule has 0 spiro atoms. The Hall–Kier alpha value is -2.12. The Morgan fingerprint density at radius 3 is 2.37 bits per heavy atom. The van der Waals surface area contributed by atoms with E-state index in [2.05, 4.69) is 4.99 Å². The third kappa shape index (κ3) is 2.67. The van der Waals surface area contributed by atoms with Crippen molar-refractivity contribution in [1.82, 2.24) is 0 Å². The Bertz CT molecular complexity index is 525. The molecular formula is C11H9F3N2O3. The molecule has 1 aliphatic heterocycles. The number of benzene rings is 1. The maximum Gasteiger partial charge on any atom is 0.414 e. The fraction of sp³-hybridized carbons (Fsp3) is 0.364. The highest BCUT2D eigenvalue weighted by atomic mass is 19.4. The summed E-state index contributed by atoms with van der Waals surface area (Å²) in [5.74, 6) is -0.0503. The van der Waals surface area contributed by atoms with E-state index in [0.29, 0.717) is 0 Å². The lowest BCUT2D eigenvalue weighted by atomic mass is 10.0. The van der Waals surface area contributed by atoms with Crippen LogP contribution < -0.4 is 0 Å². The highest BCUT2D eigenvalue weighted by Gasteiger charge is 2.49. The lowest BCUT2D eigenvalue weighted by Gasteiger charge is -2.19. The molecule has 0 N–H and O–H groups in total. The van der Waals surface area contributed by atoms with Crippen molar-refractivity contribution in [2.45, 2.75) is 25.2 Å². The molecular weight excluding hydrogens is 265 g/mol. The summed E-state index contributed by atoms with van der Waals surface area (Å²) in [6, 6.07) is 2.79. The Morgan fingerprint density at radius 1 is 1.32 bits per heavy atom. The van der Waals surface area contributed by atoms with Gasteiger partial charge in [-0.1, -0.05) is 0 Å². The molecule has 2 rings (SSSR count). The van der Waals surface area contributed by atoms with E-state index in [-0.39, 0.29) is 17.1 Å². The molecule has 0 aromatic heterocycles. The third-order valence-corrected chi connectivity index (χ3v) is 2.67. The Morgan fingerprint density at radius 2 is 1.89 bits per heavy atom. The van der Waals surface area contributed by atoms with E-state index in [1.54, 1.807) is 0 Å². The number of rotatable bonds is 2. The van der Waals surface area contributed by atoms with Crippen LogP contribution in [0.4, 0.5) is 18.9 Å². The fourth-order valence-electron chi connectivity index (χ4n) is 1.82. The molecule has 1 aromatic carbocycles. The van der Waals surface area contributed by atoms with Crippen LogP contribution in [0.25, 0.3) is 0 Å². The zero-order valence-corrected chi connectivity index (χ0v) is 9.72. The van der Waals surface area contributed by atoms with Gasteiger partial charge in [0.1, 0.15) is 0 Å². The van der Waals surface area contributed by atoms with Crippen LogP contribution in [0, 0.1) is 10.1 Å². The van der Waals surface area contributed by atoms with Crippen LogP contribution in [0.1, 0.15) is 18.6 Å². The summed E-state index contributed by atoms with van der Waals surface area (Å²) in [5.41, 5.74) is 0.0106. The van der Waals surface area contributed by atoms with E-state index in [9.17, 15) is 23.3 Å². The molecule has 0 aliphatic carbocycles. The first-order valence-corrected chi connectivity index (χ1v) is 5.31. The van der Waals surface area contributed by atoms with Gasteiger partial charge in [0.05, 0.1) is 4.92 Å². The molecule has 2 atom stereocenters. The van der Waals surface area contributed by atoms with Crippen LogP contribution in [0.2, 0.25) is 0 Å². The Kier molecular flexibility index (Phi) is 3.17. The molecule has 1 heterocycles. The monoisotopic (exact) mass is 274 g/mol. The van der Waals surface area contributed by atoms with Gasteiger partial charge in [-0.05, 0) is 17.7 Å². The summed E-state index contributed by atoms with van der Waals surface area (Å²) in [6.45, 7) is 1.34. The number of alkyl halides is 3. The normalized spacial score (nSPS) is 22.8. The standard InChI is InChI=1S/C11H9F3N2O3/c1-6-15-10(11(12,13)14)9(19-6)7-2-4-8(5-3-7)16(17)18/h2-5,9-10H,1H3. The largest absolute Gasteiger partial charge is 0.471 e. The van der Waals surface area contributed by atoms with Crippen molar-refractivity contribution < 1.29 is 22.8 Å². The van der Waals surface area contributed by atoms with Crippen LogP contribution >= 0.6 is 0 Å². The minimum atomic E-state index is -4.52. The number of hydrogen-bond donors (Lipinski definition) is 0. The highest BCUT2D eigenvalue weighted by molar-refractivity contribution is 5.75. The van der Waals surface area contributed by atoms with E-state index >= 15 is 0 Å². The van der Waals surface area contributed by atoms with Crippen molar-refractivity contribution in [1.29, 1.82) is 0 Å². The van der Waals surface area contributed by atoms with Gasteiger partial charge < -0.3 is 4.74 Å². The molecule has 102 valence electrons. The highest BCUT2D eigenvalue weighted by Crippen LogP contribution is 2.39. The van der Waals surface area contributed by atoms with Crippen LogP contribution in [0.3, 0.4) is 0 Å². The van der Waals surface area contributed by atoms with Crippen molar-refractivity contribution in [2.75, 3.05) is 0 Å². The number of nitrogens with zero attached hydrogens (tertiary/aromatic N) is 2. The topological polar surface area (TPSA) is 64.7 Å². The lowest BCUT2D eigenvalue weighted by molar-refractivity contribution is -0.384. The summed E-state index contributed by atoms with van der Waals surface area (Å²) in [4.78, 5) is 13.3. The fourth-order valence-corrected chi connectivity index (χ4v) is 1.82. The number of nitro benzene ring substituents is 1. The number of hydrogen-bond acceptors (Lipinski definition) is 4. The molecule has 5 nitrogen and oxygen atoms in total. The van der Waals surface area contributed by atoms with Crippen molar-refractivity contribution >= 4 is 11.6 Å². The van der Waals surface area contributed by atoms with Gasteiger partial charge in [-0.3, -0.25) is 10.1 Å². The smallest absolute Gasteiger partial charge is 0.414 e. The van der Waals surface area contributed by atoms with E-state index < -0.39 is 23.2 Å². The average molecular weight is 274 g/mol. The van der Waals surface area contributed by atoms with Gasteiger partial charge in [-0.2, -0.15) is 13.2 Å². The van der Waals surface area contributed by atoms with Gasteiger partial charge >= 0.3 is 6.18 Å². The quantitative estimate of drug-likeness (QED) is 0.615. The molecule has 0 fully saturated rings. The SMILES string of the molecule is CC1=NC(C(F)(F)F)C(c2ccc([N+](=O)[O-])cc2)O1. The molecule has 1 aliphatic rings. The van der Waals surface area contributed by atoms with Gasteiger partial charge in [0.15, 0.2) is 18.0 Å². The van der Waals surface area contributed by atoms with Crippen LogP contribution in [-0.4, -0.2) is 23.0 Å². The van der Waals surface area contributed by atoms with E-state index in [1.807, 2.05) is 0 Å². The zero-order valence-electron chi connectivity index (χ0n) is 9.72. The molecule has 1 aromatic rings. The summed E-state index contributed by atoms with van der Waals surface area (Å²) in [5, 5.41) is 10.5. The van der Waals surface area contributed by atoms with Gasteiger partial charge in [0.25, 0.3) is 5.69 Å². The van der Waals surface area contributed by atoms with Crippen molar-refractivity contribution in [3.05, 3.63) is 39.9 Å². The third-order valence-electron chi connectivity index (χ3n) is 2.67. The average Bonchev–Trinajstić information content (AvgIpc) is 2.71. The molecule has 0 bridgehead atoms. The van der Waals surface area contributed by atoms with E-state index in [0.717, 1.165) is 12.1 Å². The van der Waals surface area contributed by atoms with Gasteiger partial charge in [0, 0.05) is 19.1 Å². The molecule has 0 saturated heterocycles. The summed E-state index contributed by atoms with van der Waals surface area (Å²) < 4.78 is 43.4. The Balaban J connectivity index is 2.29. The van der Waals surface area contributed by atoms with E-state index in [1.165, 1.54) is 19.1 Å². The van der Waals surface area contributed by atoms with Crippen molar-refractivity contribution in [3.63, 3.8) is 0 Å². The molecule has 8 heteroatoms. The zero-order chi connectivity index (χ0) is 14.2. The molecule has 0 saturated carbocycles. The van der Waals surface area contributed by atoms with Crippen molar-refractivity contribution in [3.8, 4) is 0 Å². The second kappa shape index (κ2) is 4.52. The number of non-ortho nitro benzene ring substituents is 1. The number of ether oxygens (including phenoxy) is 1. The predicted octanol–water partition coefficient (Wildman–Crippen LogP) is 3.02. The van der Waals surface area contributed by atoms with Crippen LogP contribution in [0.15, 0.2) is 29.3 Å².